The Kier molecular flexibility index (Phi) is 2.70. The Morgan fingerprint density at radius 2 is 2.13 bits per heavy atom. The first-order valence-corrected chi connectivity index (χ1v) is 4.87. The van der Waals surface area contributed by atoms with Crippen LogP contribution in [0.2, 0.25) is 0 Å². The molecule has 0 unspecified atom stereocenters. The number of benzene rings is 1. The molecule has 0 spiro atoms. The summed E-state index contributed by atoms with van der Waals surface area (Å²) in [6.07, 6.45) is 0. The zero-order chi connectivity index (χ0) is 10.8. The molecule has 1 amide bonds. The van der Waals surface area contributed by atoms with Crippen LogP contribution in [0.4, 0.5) is 0 Å². The maximum atomic E-state index is 11.8. The number of hydroxylamine groups is 2. The minimum absolute atomic E-state index is 0.118. The zero-order valence-corrected chi connectivity index (χ0v) is 8.91. The van der Waals surface area contributed by atoms with Gasteiger partial charge in [0.15, 0.2) is 0 Å². The van der Waals surface area contributed by atoms with Crippen molar-refractivity contribution in [3.63, 3.8) is 0 Å². The van der Waals surface area contributed by atoms with Gasteiger partial charge in [-0.3, -0.25) is 9.63 Å². The highest BCUT2D eigenvalue weighted by atomic mass is 16.7. The third-order valence-corrected chi connectivity index (χ3v) is 2.64. The van der Waals surface area contributed by atoms with E-state index >= 15 is 0 Å². The van der Waals surface area contributed by atoms with Crippen molar-refractivity contribution in [3.05, 3.63) is 34.9 Å². The predicted octanol–water partition coefficient (Wildman–Crippen LogP) is 0.923. The largest absolute Gasteiger partial charge is 0.309 e. The topological polar surface area (TPSA) is 41.6 Å². The molecule has 0 saturated heterocycles. The second kappa shape index (κ2) is 4.00. The number of rotatable bonds is 2. The van der Waals surface area contributed by atoms with E-state index in [1.807, 2.05) is 18.2 Å². The first kappa shape index (κ1) is 10.1. The van der Waals surface area contributed by atoms with Gasteiger partial charge in [-0.25, -0.2) is 5.06 Å². The number of carbonyl (C=O) groups excluding carboxylic acids is 1. The molecule has 0 fully saturated rings. The molecule has 0 aliphatic carbocycles. The van der Waals surface area contributed by atoms with Crippen LogP contribution in [0.15, 0.2) is 18.2 Å². The second-order valence-corrected chi connectivity index (χ2v) is 3.57. The molecule has 0 atom stereocenters. The van der Waals surface area contributed by atoms with Gasteiger partial charge in [-0.05, 0) is 23.3 Å². The summed E-state index contributed by atoms with van der Waals surface area (Å²) in [6, 6.07) is 5.75. The SMILES string of the molecule is CON(C)C(=O)c1ccc2c(c1)CNC2. The minimum Gasteiger partial charge on any atom is -0.309 e. The molecule has 4 nitrogen and oxygen atoms in total. The van der Waals surface area contributed by atoms with Gasteiger partial charge in [0, 0.05) is 25.7 Å². The summed E-state index contributed by atoms with van der Waals surface area (Å²) in [7, 11) is 3.08. The molecule has 15 heavy (non-hydrogen) atoms. The number of amides is 1. The molecular weight excluding hydrogens is 192 g/mol. The van der Waals surface area contributed by atoms with Crippen molar-refractivity contribution in [2.75, 3.05) is 14.2 Å². The van der Waals surface area contributed by atoms with E-state index in [2.05, 4.69) is 5.32 Å². The molecule has 0 saturated carbocycles. The Hall–Kier alpha value is -1.39. The monoisotopic (exact) mass is 206 g/mol. The van der Waals surface area contributed by atoms with Gasteiger partial charge in [-0.15, -0.1) is 0 Å². The molecule has 0 radical (unpaired) electrons. The van der Waals surface area contributed by atoms with Gasteiger partial charge >= 0.3 is 0 Å². The van der Waals surface area contributed by atoms with E-state index in [9.17, 15) is 4.79 Å². The Labute approximate surface area is 88.8 Å². The van der Waals surface area contributed by atoms with E-state index < -0.39 is 0 Å². The Bertz CT molecular complexity index is 390. The van der Waals surface area contributed by atoms with Gasteiger partial charge in [0.2, 0.25) is 0 Å². The normalized spacial score (nSPS) is 13.7. The third kappa shape index (κ3) is 1.86. The average molecular weight is 206 g/mol. The van der Waals surface area contributed by atoms with Crippen molar-refractivity contribution in [1.82, 2.24) is 10.4 Å². The number of nitrogens with one attached hydrogen (secondary N) is 1. The van der Waals surface area contributed by atoms with Crippen molar-refractivity contribution in [1.29, 1.82) is 0 Å². The predicted molar refractivity (Wildman–Crippen MR) is 56.1 cm³/mol. The van der Waals surface area contributed by atoms with Crippen LogP contribution in [0, 0.1) is 0 Å². The maximum absolute atomic E-state index is 11.8. The fourth-order valence-corrected chi connectivity index (χ4v) is 1.69. The summed E-state index contributed by atoms with van der Waals surface area (Å²) in [5.41, 5.74) is 3.14. The molecule has 4 heteroatoms. The molecular formula is C11H14N2O2. The van der Waals surface area contributed by atoms with E-state index in [1.54, 1.807) is 7.05 Å². The van der Waals surface area contributed by atoms with E-state index in [-0.39, 0.29) is 5.91 Å². The summed E-state index contributed by atoms with van der Waals surface area (Å²) in [6.45, 7) is 1.73. The fourth-order valence-electron chi connectivity index (χ4n) is 1.69. The molecule has 1 aromatic carbocycles. The van der Waals surface area contributed by atoms with E-state index in [1.165, 1.54) is 23.3 Å². The van der Waals surface area contributed by atoms with Crippen LogP contribution in [0.25, 0.3) is 0 Å². The van der Waals surface area contributed by atoms with Gasteiger partial charge in [0.05, 0.1) is 7.11 Å². The molecule has 0 bridgehead atoms. The zero-order valence-electron chi connectivity index (χ0n) is 8.91. The van der Waals surface area contributed by atoms with Gasteiger partial charge in [0.25, 0.3) is 5.91 Å². The first-order valence-electron chi connectivity index (χ1n) is 4.87. The fraction of sp³-hybridized carbons (Fsp3) is 0.364. The summed E-state index contributed by atoms with van der Waals surface area (Å²) < 4.78 is 0. The Morgan fingerprint density at radius 3 is 2.87 bits per heavy atom. The smallest absolute Gasteiger partial charge is 0.277 e. The highest BCUT2D eigenvalue weighted by Crippen LogP contribution is 2.17. The van der Waals surface area contributed by atoms with Gasteiger partial charge < -0.3 is 5.32 Å². The summed E-state index contributed by atoms with van der Waals surface area (Å²) in [5.74, 6) is -0.118. The van der Waals surface area contributed by atoms with Crippen LogP contribution in [0.5, 0.6) is 0 Å². The summed E-state index contributed by atoms with van der Waals surface area (Å²) in [4.78, 5) is 16.6. The van der Waals surface area contributed by atoms with E-state index in [0.717, 1.165) is 13.1 Å². The number of nitrogens with zero attached hydrogens (tertiary/aromatic N) is 1. The average Bonchev–Trinajstić information content (AvgIpc) is 2.73. The molecule has 1 N–H and O–H groups in total. The highest BCUT2D eigenvalue weighted by Gasteiger charge is 2.15. The summed E-state index contributed by atoms with van der Waals surface area (Å²) >= 11 is 0. The molecule has 2 rings (SSSR count). The van der Waals surface area contributed by atoms with Crippen LogP contribution in [-0.4, -0.2) is 25.1 Å². The van der Waals surface area contributed by atoms with Crippen LogP contribution in [0.1, 0.15) is 21.5 Å². The van der Waals surface area contributed by atoms with Gasteiger partial charge in [-0.1, -0.05) is 6.07 Å². The van der Waals surface area contributed by atoms with Crippen LogP contribution < -0.4 is 5.32 Å². The van der Waals surface area contributed by atoms with Crippen molar-refractivity contribution in [2.45, 2.75) is 13.1 Å². The first-order chi connectivity index (χ1) is 7.22. The molecule has 0 aromatic heterocycles. The number of hydrogen-bond donors (Lipinski definition) is 1. The van der Waals surface area contributed by atoms with Crippen LogP contribution in [0.3, 0.4) is 0 Å². The lowest BCUT2D eigenvalue weighted by Crippen LogP contribution is -2.25. The maximum Gasteiger partial charge on any atom is 0.277 e. The lowest BCUT2D eigenvalue weighted by molar-refractivity contribution is -0.0757. The number of hydrogen-bond acceptors (Lipinski definition) is 3. The van der Waals surface area contributed by atoms with E-state index in [4.69, 9.17) is 4.84 Å². The number of fused-ring (bicyclic) bond motifs is 1. The standard InChI is InChI=1S/C11H14N2O2/c1-13(15-2)11(14)8-3-4-9-6-12-7-10(9)5-8/h3-5,12H,6-7H2,1-2H3. The highest BCUT2D eigenvalue weighted by molar-refractivity contribution is 5.93. The molecule has 1 aliphatic rings. The third-order valence-electron chi connectivity index (χ3n) is 2.64. The van der Waals surface area contributed by atoms with Crippen LogP contribution >= 0.6 is 0 Å². The second-order valence-electron chi connectivity index (χ2n) is 3.57. The van der Waals surface area contributed by atoms with E-state index in [0.29, 0.717) is 5.56 Å². The molecule has 80 valence electrons. The quantitative estimate of drug-likeness (QED) is 0.732. The Balaban J connectivity index is 2.26. The van der Waals surface area contributed by atoms with Crippen molar-refractivity contribution in [3.8, 4) is 0 Å². The van der Waals surface area contributed by atoms with Gasteiger partial charge in [-0.2, -0.15) is 0 Å². The van der Waals surface area contributed by atoms with Crippen molar-refractivity contribution < 1.29 is 9.63 Å². The lowest BCUT2D eigenvalue weighted by atomic mass is 10.1. The number of carbonyl (C=O) groups is 1. The van der Waals surface area contributed by atoms with Gasteiger partial charge in [0.1, 0.15) is 0 Å². The summed E-state index contributed by atoms with van der Waals surface area (Å²) in [5, 5.41) is 4.47. The molecule has 1 aliphatic heterocycles. The Morgan fingerprint density at radius 1 is 1.40 bits per heavy atom. The minimum atomic E-state index is -0.118. The van der Waals surface area contributed by atoms with Crippen LogP contribution in [-0.2, 0) is 17.9 Å². The van der Waals surface area contributed by atoms with Crippen molar-refractivity contribution >= 4 is 5.91 Å². The van der Waals surface area contributed by atoms with Crippen molar-refractivity contribution in [2.24, 2.45) is 0 Å². The lowest BCUT2D eigenvalue weighted by Gasteiger charge is -2.13. The molecule has 1 aromatic rings. The molecule has 1 heterocycles.